The number of hydrogen-bond acceptors (Lipinski definition) is 5. The van der Waals surface area contributed by atoms with Crippen molar-refractivity contribution in [1.29, 1.82) is 0 Å². The van der Waals surface area contributed by atoms with Gasteiger partial charge in [-0.25, -0.2) is 19.9 Å². The average molecular weight is 761 g/mol. The lowest BCUT2D eigenvalue weighted by Crippen LogP contribution is -2.43. The molecule has 0 amide bonds. The largest absolute Gasteiger partial charge is 0.435 e. The van der Waals surface area contributed by atoms with Gasteiger partial charge in [0, 0.05) is 27.6 Å². The number of fused-ring (bicyclic) bond motifs is 8. The van der Waals surface area contributed by atoms with Crippen LogP contribution in [-0.4, -0.2) is 19.9 Å². The molecule has 5 heteroatoms. The summed E-state index contributed by atoms with van der Waals surface area (Å²) >= 11 is 0. The van der Waals surface area contributed by atoms with E-state index in [2.05, 4.69) is 131 Å². The molecule has 0 aliphatic heterocycles. The van der Waals surface area contributed by atoms with Crippen LogP contribution in [0.4, 0.5) is 0 Å². The van der Waals surface area contributed by atoms with Gasteiger partial charge in [-0.15, -0.1) is 0 Å². The fraction of sp³-hybridized carbons (Fsp3) is 0.111. The molecular formula is C54H40N4O. The zero-order valence-electron chi connectivity index (χ0n) is 33.4. The molecule has 8 aromatic carbocycles. The number of hydrogen-bond donors (Lipinski definition) is 0. The van der Waals surface area contributed by atoms with E-state index in [1.807, 2.05) is 66.7 Å². The van der Waals surface area contributed by atoms with Crippen molar-refractivity contribution in [3.05, 3.63) is 181 Å². The van der Waals surface area contributed by atoms with Gasteiger partial charge in [0.05, 0.1) is 0 Å². The third-order valence-corrected chi connectivity index (χ3v) is 12.9. The highest BCUT2D eigenvalue weighted by atomic mass is 16.3. The molecule has 0 N–H and O–H groups in total. The molecule has 11 rings (SSSR count). The minimum Gasteiger partial charge on any atom is -0.435 e. The number of rotatable bonds is 5. The summed E-state index contributed by atoms with van der Waals surface area (Å²) in [6.07, 6.45) is 0. The third kappa shape index (κ3) is 5.60. The summed E-state index contributed by atoms with van der Waals surface area (Å²) in [5, 5.41) is 4.24. The van der Waals surface area contributed by atoms with E-state index in [1.165, 1.54) is 27.8 Å². The molecule has 282 valence electrons. The van der Waals surface area contributed by atoms with Crippen LogP contribution in [0, 0.1) is 0 Å². The summed E-state index contributed by atoms with van der Waals surface area (Å²) in [5.74, 6) is 2.45. The molecule has 2 heterocycles. The molecular weight excluding hydrogens is 721 g/mol. The summed E-state index contributed by atoms with van der Waals surface area (Å²) in [6.45, 7) is 9.51. The highest BCUT2D eigenvalue weighted by Gasteiger charge is 2.45. The van der Waals surface area contributed by atoms with Crippen LogP contribution >= 0.6 is 0 Å². The normalized spacial score (nSPS) is 14.0. The maximum Gasteiger partial charge on any atom is 0.227 e. The molecule has 0 unspecified atom stereocenters. The molecule has 0 atom stereocenters. The van der Waals surface area contributed by atoms with Gasteiger partial charge in [-0.1, -0.05) is 167 Å². The van der Waals surface area contributed by atoms with Crippen molar-refractivity contribution >= 4 is 32.6 Å². The summed E-state index contributed by atoms with van der Waals surface area (Å²) in [4.78, 5) is 20.2. The first-order valence-corrected chi connectivity index (χ1v) is 20.2. The first kappa shape index (κ1) is 35.0. The topological polar surface area (TPSA) is 64.7 Å². The van der Waals surface area contributed by atoms with E-state index in [0.29, 0.717) is 23.4 Å². The van der Waals surface area contributed by atoms with Crippen LogP contribution < -0.4 is 0 Å². The van der Waals surface area contributed by atoms with Crippen molar-refractivity contribution in [3.8, 4) is 67.9 Å². The van der Waals surface area contributed by atoms with Gasteiger partial charge in [-0.05, 0) is 90.7 Å². The second-order valence-corrected chi connectivity index (χ2v) is 16.7. The molecule has 0 spiro atoms. The van der Waals surface area contributed by atoms with Crippen LogP contribution in [0.3, 0.4) is 0 Å². The zero-order chi connectivity index (χ0) is 39.9. The predicted octanol–water partition coefficient (Wildman–Crippen LogP) is 13.9. The maximum atomic E-state index is 6.52. The highest BCUT2D eigenvalue weighted by molar-refractivity contribution is 6.18. The Kier molecular flexibility index (Phi) is 7.79. The van der Waals surface area contributed by atoms with Crippen LogP contribution in [0.2, 0.25) is 0 Å². The molecule has 2 aromatic heterocycles. The van der Waals surface area contributed by atoms with Crippen molar-refractivity contribution in [2.75, 3.05) is 0 Å². The second-order valence-electron chi connectivity index (χ2n) is 16.7. The van der Waals surface area contributed by atoms with E-state index in [9.17, 15) is 0 Å². The van der Waals surface area contributed by atoms with E-state index >= 15 is 0 Å². The van der Waals surface area contributed by atoms with Gasteiger partial charge in [0.1, 0.15) is 5.52 Å². The van der Waals surface area contributed by atoms with Gasteiger partial charge in [0.2, 0.25) is 5.89 Å². The number of nitrogens with zero attached hydrogens (tertiary/aromatic N) is 4. The Balaban J connectivity index is 1.02. The van der Waals surface area contributed by atoms with Gasteiger partial charge >= 0.3 is 0 Å². The minimum atomic E-state index is -0.0667. The number of oxazole rings is 1. The fourth-order valence-electron chi connectivity index (χ4n) is 8.94. The average Bonchev–Trinajstić information content (AvgIpc) is 3.74. The Labute approximate surface area is 343 Å². The highest BCUT2D eigenvalue weighted by Crippen LogP contribution is 2.54. The molecule has 59 heavy (non-hydrogen) atoms. The Morgan fingerprint density at radius 3 is 1.66 bits per heavy atom. The zero-order valence-corrected chi connectivity index (χ0v) is 33.4. The summed E-state index contributed by atoms with van der Waals surface area (Å²) < 4.78 is 6.52. The van der Waals surface area contributed by atoms with E-state index in [-0.39, 0.29) is 10.8 Å². The molecule has 10 aromatic rings. The van der Waals surface area contributed by atoms with Gasteiger partial charge in [0.25, 0.3) is 0 Å². The summed E-state index contributed by atoms with van der Waals surface area (Å²) in [5.41, 5.74) is 13.0. The van der Waals surface area contributed by atoms with Crippen LogP contribution in [-0.2, 0) is 10.8 Å². The van der Waals surface area contributed by atoms with Crippen LogP contribution in [0.15, 0.2) is 174 Å². The van der Waals surface area contributed by atoms with Crippen molar-refractivity contribution in [3.63, 3.8) is 0 Å². The maximum absolute atomic E-state index is 6.52. The first-order chi connectivity index (χ1) is 28.7. The minimum absolute atomic E-state index is 0.0296. The van der Waals surface area contributed by atoms with Crippen molar-refractivity contribution in [1.82, 2.24) is 19.9 Å². The lowest BCUT2D eigenvalue weighted by Gasteiger charge is -2.48. The SMILES string of the molecule is CC1(C)c2ccccc2-c2ccc(-c3ccc(-c4nc(-c5ccccc5)nc(-c5ccc6ccc7ccc8nc(-c9ccccc9)oc8c7c6c5)n4)cc3)cc2C1(C)C. The van der Waals surface area contributed by atoms with Gasteiger partial charge in [-0.3, -0.25) is 0 Å². The summed E-state index contributed by atoms with van der Waals surface area (Å²) in [7, 11) is 0. The third-order valence-electron chi connectivity index (χ3n) is 12.9. The quantitative estimate of drug-likeness (QED) is 0.163. The van der Waals surface area contributed by atoms with Crippen molar-refractivity contribution in [2.45, 2.75) is 38.5 Å². The van der Waals surface area contributed by atoms with E-state index in [4.69, 9.17) is 24.4 Å². The van der Waals surface area contributed by atoms with Crippen LogP contribution in [0.25, 0.3) is 101 Å². The smallest absolute Gasteiger partial charge is 0.227 e. The van der Waals surface area contributed by atoms with Crippen LogP contribution in [0.1, 0.15) is 38.8 Å². The molecule has 1 aliphatic rings. The lowest BCUT2D eigenvalue weighted by molar-refractivity contribution is 0.299. The molecule has 0 radical (unpaired) electrons. The van der Waals surface area contributed by atoms with Gasteiger partial charge < -0.3 is 4.42 Å². The number of aromatic nitrogens is 4. The predicted molar refractivity (Wildman–Crippen MR) is 241 cm³/mol. The number of benzene rings is 8. The molecule has 0 saturated heterocycles. The Bertz CT molecular complexity index is 3260. The van der Waals surface area contributed by atoms with E-state index < -0.39 is 0 Å². The second kappa shape index (κ2) is 13.2. The van der Waals surface area contributed by atoms with Gasteiger partial charge in [-0.2, -0.15) is 0 Å². The van der Waals surface area contributed by atoms with E-state index in [1.54, 1.807) is 0 Å². The van der Waals surface area contributed by atoms with Crippen LogP contribution in [0.5, 0.6) is 0 Å². The fourth-order valence-corrected chi connectivity index (χ4v) is 8.94. The Morgan fingerprint density at radius 1 is 0.390 bits per heavy atom. The molecule has 1 aliphatic carbocycles. The Hall–Kier alpha value is -7.24. The molecule has 0 fully saturated rings. The van der Waals surface area contributed by atoms with E-state index in [0.717, 1.165) is 60.5 Å². The van der Waals surface area contributed by atoms with Gasteiger partial charge in [0.15, 0.2) is 23.1 Å². The van der Waals surface area contributed by atoms with Crippen molar-refractivity contribution < 1.29 is 4.42 Å². The standard InChI is InChI=1S/C54H40N4O/c1-53(2)44-18-12-11-17-41(44)42-29-27-39(32-45(42)54(53,3)4)33-19-24-37(25-20-33)50-56-49(36-13-7-5-8-14-36)57-51(58-50)40-26-22-34-21-23-35-28-30-46-48(47(35)43(34)31-40)59-52(55-46)38-15-9-6-10-16-38/h5-32H,1-4H3. The Morgan fingerprint density at radius 2 is 0.915 bits per heavy atom. The molecule has 5 nitrogen and oxygen atoms in total. The molecule has 0 saturated carbocycles. The van der Waals surface area contributed by atoms with Crippen molar-refractivity contribution in [2.24, 2.45) is 0 Å². The summed E-state index contributed by atoms with van der Waals surface area (Å²) in [6, 6.07) is 59.5. The molecule has 0 bridgehead atoms. The lowest BCUT2D eigenvalue weighted by atomic mass is 9.55. The first-order valence-electron chi connectivity index (χ1n) is 20.2. The monoisotopic (exact) mass is 760 g/mol.